The van der Waals surface area contributed by atoms with Crippen molar-refractivity contribution in [1.82, 2.24) is 19.7 Å². The molecule has 0 spiro atoms. The van der Waals surface area contributed by atoms with Gasteiger partial charge in [-0.05, 0) is 38.7 Å². The molecule has 0 aromatic carbocycles. The number of hydrogen-bond donors (Lipinski definition) is 1. The SMILES string of the molecule is Cc1nn(C)c(C)c1CCNc1cc(Cl)nc(C2CC2)n1. The summed E-state index contributed by atoms with van der Waals surface area (Å²) in [5, 5.41) is 8.30. The Balaban J connectivity index is 1.65. The van der Waals surface area contributed by atoms with Crippen molar-refractivity contribution in [3.05, 3.63) is 34.0 Å². The van der Waals surface area contributed by atoms with Crippen LogP contribution in [-0.2, 0) is 13.5 Å². The summed E-state index contributed by atoms with van der Waals surface area (Å²) in [6.07, 6.45) is 3.27. The van der Waals surface area contributed by atoms with Gasteiger partial charge in [-0.2, -0.15) is 5.10 Å². The fourth-order valence-corrected chi connectivity index (χ4v) is 2.73. The normalized spacial score (nSPS) is 14.5. The molecule has 1 aliphatic carbocycles. The lowest BCUT2D eigenvalue weighted by atomic mass is 10.1. The van der Waals surface area contributed by atoms with Crippen molar-refractivity contribution in [2.24, 2.45) is 7.05 Å². The van der Waals surface area contributed by atoms with E-state index in [0.717, 1.165) is 30.3 Å². The van der Waals surface area contributed by atoms with Crippen molar-refractivity contribution >= 4 is 17.4 Å². The van der Waals surface area contributed by atoms with E-state index in [0.29, 0.717) is 11.1 Å². The Kier molecular flexibility index (Phi) is 3.85. The quantitative estimate of drug-likeness (QED) is 0.863. The van der Waals surface area contributed by atoms with Crippen LogP contribution in [0.5, 0.6) is 0 Å². The maximum atomic E-state index is 6.07. The molecular weight excluding hydrogens is 286 g/mol. The Labute approximate surface area is 129 Å². The summed E-state index contributed by atoms with van der Waals surface area (Å²) >= 11 is 6.07. The lowest BCUT2D eigenvalue weighted by Gasteiger charge is -2.08. The van der Waals surface area contributed by atoms with Gasteiger partial charge in [-0.15, -0.1) is 0 Å². The van der Waals surface area contributed by atoms with Crippen molar-refractivity contribution in [2.75, 3.05) is 11.9 Å². The third-order valence-electron chi connectivity index (χ3n) is 3.99. The van der Waals surface area contributed by atoms with E-state index in [-0.39, 0.29) is 0 Å². The van der Waals surface area contributed by atoms with Crippen LogP contribution in [0.3, 0.4) is 0 Å². The molecule has 0 unspecified atom stereocenters. The molecule has 0 bridgehead atoms. The topological polar surface area (TPSA) is 55.6 Å². The van der Waals surface area contributed by atoms with Crippen LogP contribution in [0.4, 0.5) is 5.82 Å². The highest BCUT2D eigenvalue weighted by Crippen LogP contribution is 2.38. The Morgan fingerprint density at radius 1 is 1.33 bits per heavy atom. The molecule has 0 radical (unpaired) electrons. The molecule has 21 heavy (non-hydrogen) atoms. The van der Waals surface area contributed by atoms with Gasteiger partial charge in [0, 0.05) is 31.3 Å². The van der Waals surface area contributed by atoms with E-state index in [1.165, 1.54) is 24.1 Å². The van der Waals surface area contributed by atoms with E-state index in [9.17, 15) is 0 Å². The highest BCUT2D eigenvalue weighted by molar-refractivity contribution is 6.29. The van der Waals surface area contributed by atoms with Crippen molar-refractivity contribution in [3.63, 3.8) is 0 Å². The lowest BCUT2D eigenvalue weighted by molar-refractivity contribution is 0.730. The van der Waals surface area contributed by atoms with Crippen LogP contribution in [-0.4, -0.2) is 26.3 Å². The molecule has 3 rings (SSSR count). The molecule has 112 valence electrons. The van der Waals surface area contributed by atoms with Gasteiger partial charge < -0.3 is 5.32 Å². The number of aryl methyl sites for hydroxylation is 2. The maximum absolute atomic E-state index is 6.07. The highest BCUT2D eigenvalue weighted by atomic mass is 35.5. The van der Waals surface area contributed by atoms with Gasteiger partial charge in [0.1, 0.15) is 16.8 Å². The van der Waals surface area contributed by atoms with E-state index < -0.39 is 0 Å². The van der Waals surface area contributed by atoms with E-state index in [2.05, 4.69) is 34.2 Å². The molecule has 1 fully saturated rings. The van der Waals surface area contributed by atoms with Crippen molar-refractivity contribution in [2.45, 2.75) is 39.0 Å². The summed E-state index contributed by atoms with van der Waals surface area (Å²) in [6.45, 7) is 4.96. The van der Waals surface area contributed by atoms with Gasteiger partial charge in [-0.3, -0.25) is 4.68 Å². The van der Waals surface area contributed by atoms with Gasteiger partial charge in [-0.25, -0.2) is 9.97 Å². The second-order valence-corrected chi connectivity index (χ2v) is 6.05. The molecule has 1 saturated carbocycles. The number of halogens is 1. The van der Waals surface area contributed by atoms with E-state index in [1.54, 1.807) is 6.07 Å². The zero-order valence-electron chi connectivity index (χ0n) is 12.6. The van der Waals surface area contributed by atoms with Crippen molar-refractivity contribution in [1.29, 1.82) is 0 Å². The number of aromatic nitrogens is 4. The summed E-state index contributed by atoms with van der Waals surface area (Å²) in [6, 6.07) is 1.79. The second kappa shape index (κ2) is 5.64. The monoisotopic (exact) mass is 305 g/mol. The van der Waals surface area contributed by atoms with E-state index >= 15 is 0 Å². The van der Waals surface area contributed by atoms with Gasteiger partial charge in [0.05, 0.1) is 5.69 Å². The molecule has 2 aromatic heterocycles. The summed E-state index contributed by atoms with van der Waals surface area (Å²) in [5.74, 6) is 2.20. The van der Waals surface area contributed by atoms with Crippen molar-refractivity contribution in [3.8, 4) is 0 Å². The first kappa shape index (κ1) is 14.3. The molecule has 0 saturated heterocycles. The number of hydrogen-bond acceptors (Lipinski definition) is 4. The third-order valence-corrected chi connectivity index (χ3v) is 4.19. The molecule has 6 heteroatoms. The van der Waals surface area contributed by atoms with Crippen molar-refractivity contribution < 1.29 is 0 Å². The van der Waals surface area contributed by atoms with Crippen LogP contribution >= 0.6 is 11.6 Å². The average molecular weight is 306 g/mol. The third kappa shape index (κ3) is 3.18. The first-order chi connectivity index (χ1) is 10.0. The Morgan fingerprint density at radius 3 is 2.71 bits per heavy atom. The molecule has 0 amide bonds. The van der Waals surface area contributed by atoms with E-state index in [4.69, 9.17) is 11.6 Å². The van der Waals surface area contributed by atoms with E-state index in [1.807, 2.05) is 11.7 Å². The van der Waals surface area contributed by atoms with Gasteiger partial charge in [0.2, 0.25) is 0 Å². The summed E-state index contributed by atoms with van der Waals surface area (Å²) < 4.78 is 1.93. The fourth-order valence-electron chi connectivity index (χ4n) is 2.54. The van der Waals surface area contributed by atoms with Gasteiger partial charge >= 0.3 is 0 Å². The molecule has 5 nitrogen and oxygen atoms in total. The fraction of sp³-hybridized carbons (Fsp3) is 0.533. The molecule has 1 aliphatic rings. The molecule has 0 atom stereocenters. The maximum Gasteiger partial charge on any atom is 0.135 e. The van der Waals surface area contributed by atoms with Gasteiger partial charge in [0.15, 0.2) is 0 Å². The van der Waals surface area contributed by atoms with Gasteiger partial charge in [0.25, 0.3) is 0 Å². The average Bonchev–Trinajstić information content (AvgIpc) is 3.23. The number of nitrogens with one attached hydrogen (secondary N) is 1. The molecule has 2 heterocycles. The lowest BCUT2D eigenvalue weighted by Crippen LogP contribution is -2.09. The minimum atomic E-state index is 0.507. The molecule has 1 N–H and O–H groups in total. The van der Waals surface area contributed by atoms with Crippen LogP contribution in [0.25, 0.3) is 0 Å². The predicted molar refractivity (Wildman–Crippen MR) is 83.9 cm³/mol. The Bertz CT molecular complexity index is 660. The number of rotatable bonds is 5. The standard InChI is InChI=1S/C15H20ClN5/c1-9-12(10(2)21(3)20-9)6-7-17-14-8-13(16)18-15(19-14)11-4-5-11/h8,11H,4-7H2,1-3H3,(H,17,18,19). The first-order valence-corrected chi connectivity index (χ1v) is 7.70. The van der Waals surface area contributed by atoms with Crippen LogP contribution < -0.4 is 5.32 Å². The molecule has 2 aromatic rings. The Morgan fingerprint density at radius 2 is 2.10 bits per heavy atom. The van der Waals surface area contributed by atoms with Crippen LogP contribution in [0.1, 0.15) is 41.5 Å². The summed E-state index contributed by atoms with van der Waals surface area (Å²) in [5.41, 5.74) is 3.61. The van der Waals surface area contributed by atoms with Crippen LogP contribution in [0.15, 0.2) is 6.07 Å². The van der Waals surface area contributed by atoms with Crippen LogP contribution in [0.2, 0.25) is 5.15 Å². The van der Waals surface area contributed by atoms with Crippen LogP contribution in [0, 0.1) is 13.8 Å². The zero-order chi connectivity index (χ0) is 15.0. The minimum absolute atomic E-state index is 0.507. The minimum Gasteiger partial charge on any atom is -0.370 e. The second-order valence-electron chi connectivity index (χ2n) is 5.66. The number of anilines is 1. The Hall–Kier alpha value is -1.62. The van der Waals surface area contributed by atoms with Gasteiger partial charge in [-0.1, -0.05) is 11.6 Å². The smallest absolute Gasteiger partial charge is 0.135 e. The predicted octanol–water partition coefficient (Wildman–Crippen LogP) is 3.01. The summed E-state index contributed by atoms with van der Waals surface area (Å²) in [4.78, 5) is 8.84. The first-order valence-electron chi connectivity index (χ1n) is 7.32. The highest BCUT2D eigenvalue weighted by Gasteiger charge is 2.27. The zero-order valence-corrected chi connectivity index (χ0v) is 13.4. The largest absolute Gasteiger partial charge is 0.370 e. The molecule has 0 aliphatic heterocycles. The molecular formula is C15H20ClN5. The summed E-state index contributed by atoms with van der Waals surface area (Å²) in [7, 11) is 1.98. The number of nitrogens with zero attached hydrogens (tertiary/aromatic N) is 4.